The van der Waals surface area contributed by atoms with Crippen molar-refractivity contribution in [3.8, 4) is 22.6 Å². The fourth-order valence-electron chi connectivity index (χ4n) is 4.69. The van der Waals surface area contributed by atoms with Gasteiger partial charge in [0.2, 0.25) is 0 Å². The van der Waals surface area contributed by atoms with Crippen LogP contribution in [0.25, 0.3) is 17.2 Å². The van der Waals surface area contributed by atoms with Gasteiger partial charge in [-0.25, -0.2) is 24.0 Å². The van der Waals surface area contributed by atoms with Crippen molar-refractivity contribution in [3.05, 3.63) is 212 Å². The minimum Gasteiger partial charge on any atom is -0.490 e. The fraction of sp³-hybridized carbons (Fsp3) is 0.182. The average molecular weight is 911 g/mol. The number of benzene rings is 5. The van der Waals surface area contributed by atoms with Gasteiger partial charge in [-0.1, -0.05) is 148 Å². The predicted octanol–water partition coefficient (Wildman–Crippen LogP) is 10.3. The van der Waals surface area contributed by atoms with Crippen molar-refractivity contribution in [2.45, 2.75) is 27.4 Å². The van der Waals surface area contributed by atoms with Crippen LogP contribution in [0.15, 0.2) is 201 Å². The van der Waals surface area contributed by atoms with Gasteiger partial charge < -0.3 is 33.2 Å². The van der Waals surface area contributed by atoms with Gasteiger partial charge in [0.05, 0.1) is 0 Å². The molecule has 5 rings (SSSR count). The van der Waals surface area contributed by atoms with Crippen molar-refractivity contribution in [1.82, 2.24) is 0 Å². The van der Waals surface area contributed by atoms with Crippen LogP contribution in [0.3, 0.4) is 0 Å². The number of hydrogen-bond donors (Lipinski definition) is 0. The topological polar surface area (TPSA) is 150 Å². The summed E-state index contributed by atoms with van der Waals surface area (Å²) in [7, 11) is 0. The maximum Gasteiger partial charge on any atom is 0.333 e. The summed E-state index contributed by atoms with van der Waals surface area (Å²) >= 11 is 0. The van der Waals surface area contributed by atoms with Gasteiger partial charge in [-0.05, 0) is 73.4 Å². The molecule has 0 N–H and O–H groups in total. The van der Waals surface area contributed by atoms with E-state index >= 15 is 0 Å². The largest absolute Gasteiger partial charge is 0.490 e. The van der Waals surface area contributed by atoms with Crippen LogP contribution < -0.4 is 9.47 Å². The monoisotopic (exact) mass is 910 g/mol. The lowest BCUT2D eigenvalue weighted by Gasteiger charge is -2.06. The fourth-order valence-corrected chi connectivity index (χ4v) is 4.69. The van der Waals surface area contributed by atoms with Gasteiger partial charge in [-0.3, -0.25) is 0 Å². The van der Waals surface area contributed by atoms with Crippen molar-refractivity contribution in [2.24, 2.45) is 0 Å². The third-order valence-electron chi connectivity index (χ3n) is 8.08. The van der Waals surface area contributed by atoms with Crippen LogP contribution in [-0.2, 0) is 54.3 Å². The molecule has 12 heteroatoms. The summed E-state index contributed by atoms with van der Waals surface area (Å²) in [6, 6.07) is 46.2. The normalized spacial score (nSPS) is 9.72. The summed E-state index contributed by atoms with van der Waals surface area (Å²) in [5.74, 6) is -0.605. The molecule has 0 bridgehead atoms. The van der Waals surface area contributed by atoms with E-state index in [1.54, 1.807) is 26.8 Å². The number of esters is 5. The van der Waals surface area contributed by atoms with Crippen LogP contribution in [-0.4, -0.2) is 69.5 Å². The van der Waals surface area contributed by atoms with E-state index in [-0.39, 0.29) is 38.4 Å². The molecule has 12 nitrogen and oxygen atoms in total. The summed E-state index contributed by atoms with van der Waals surface area (Å²) in [5.41, 5.74) is 5.26. The first kappa shape index (κ1) is 54.9. The zero-order chi connectivity index (χ0) is 49.1. The second-order valence-corrected chi connectivity index (χ2v) is 13.9. The third-order valence-corrected chi connectivity index (χ3v) is 8.08. The minimum atomic E-state index is -0.495. The molecule has 0 aromatic heterocycles. The molecule has 0 aliphatic rings. The highest BCUT2D eigenvalue weighted by molar-refractivity contribution is 5.88. The molecule has 0 saturated heterocycles. The summed E-state index contributed by atoms with van der Waals surface area (Å²) in [4.78, 5) is 55.4. The van der Waals surface area contributed by atoms with E-state index in [1.165, 1.54) is 6.08 Å². The first-order valence-corrected chi connectivity index (χ1v) is 21.0. The standard InChI is InChI=1S/C21H20O4.C12H14O3.C11H12O3.C11H12O2/c1-16(2)21(23)25-15-14-24-20(22)13-10-17-8-11-19(12-9-17)18-6-4-3-5-7-18;1-10(2)12(13)15-9-8-14-11-6-4-3-5-7-11;1-2-11(12)14-9-8-13-10-6-4-3-5-7-10;1-9(2)11(12)13-8-10-6-4-3-5-7-10/h3-13H,1,14-15H2,2H3;3-7H,1,8-9H2,2H3;2-7H,1,8-9H2;3-7H,1,8H2,2H3/b13-10+;;;. The number of carbonyl (C=O) groups excluding carboxylic acids is 5. The Labute approximate surface area is 393 Å². The number of carbonyl (C=O) groups is 5. The van der Waals surface area contributed by atoms with E-state index in [1.807, 2.05) is 146 Å². The predicted molar refractivity (Wildman–Crippen MR) is 259 cm³/mol. The minimum absolute atomic E-state index is 0.00907. The Balaban J connectivity index is 0.000000320. The Kier molecular flexibility index (Phi) is 27.3. The van der Waals surface area contributed by atoms with Gasteiger partial charge in [0.1, 0.15) is 57.7 Å². The molecular formula is C55H58O12. The third kappa shape index (κ3) is 26.2. The Hall–Kier alpha value is -8.25. The van der Waals surface area contributed by atoms with Crippen LogP contribution in [0.1, 0.15) is 31.9 Å². The lowest BCUT2D eigenvalue weighted by Crippen LogP contribution is -2.12. The molecule has 5 aromatic rings. The van der Waals surface area contributed by atoms with Crippen LogP contribution >= 0.6 is 0 Å². The Morgan fingerprint density at radius 3 is 1.27 bits per heavy atom. The second kappa shape index (κ2) is 33.3. The summed E-state index contributed by atoms with van der Waals surface area (Å²) in [5, 5.41) is 0. The van der Waals surface area contributed by atoms with Crippen LogP contribution in [0.2, 0.25) is 0 Å². The van der Waals surface area contributed by atoms with Gasteiger partial charge in [0, 0.05) is 28.9 Å². The molecule has 0 heterocycles. The van der Waals surface area contributed by atoms with Crippen molar-refractivity contribution in [3.63, 3.8) is 0 Å². The van der Waals surface area contributed by atoms with Gasteiger partial charge in [-0.15, -0.1) is 0 Å². The van der Waals surface area contributed by atoms with Crippen molar-refractivity contribution in [1.29, 1.82) is 0 Å². The maximum absolute atomic E-state index is 11.6. The van der Waals surface area contributed by atoms with E-state index < -0.39 is 17.9 Å². The lowest BCUT2D eigenvalue weighted by atomic mass is 10.0. The quantitative estimate of drug-likeness (QED) is 0.0316. The van der Waals surface area contributed by atoms with Crippen LogP contribution in [0.5, 0.6) is 11.5 Å². The Morgan fingerprint density at radius 1 is 0.433 bits per heavy atom. The van der Waals surface area contributed by atoms with E-state index in [0.717, 1.165) is 39.8 Å². The van der Waals surface area contributed by atoms with Crippen LogP contribution in [0, 0.1) is 0 Å². The highest BCUT2D eigenvalue weighted by Gasteiger charge is 2.05. The molecule has 0 fully saturated rings. The highest BCUT2D eigenvalue weighted by Crippen LogP contribution is 2.19. The number of hydrogen-bond acceptors (Lipinski definition) is 12. The molecule has 0 saturated carbocycles. The van der Waals surface area contributed by atoms with Gasteiger partial charge >= 0.3 is 29.8 Å². The Bertz CT molecular complexity index is 2320. The maximum atomic E-state index is 11.6. The first-order chi connectivity index (χ1) is 32.3. The summed E-state index contributed by atoms with van der Waals surface area (Å²) in [6.07, 6.45) is 4.15. The SMILES string of the molecule is C=C(C)C(=O)OCCOC(=O)/C=C/c1ccc(-c2ccccc2)cc1.C=C(C)C(=O)OCCOc1ccccc1.C=C(C)C(=O)OCc1ccccc1.C=CC(=O)OCCOc1ccccc1. The zero-order valence-electron chi connectivity index (χ0n) is 38.3. The van der Waals surface area contributed by atoms with E-state index in [2.05, 4.69) is 26.3 Å². The molecule has 0 aliphatic heterocycles. The molecule has 5 aromatic carbocycles. The average Bonchev–Trinajstić information content (AvgIpc) is 3.35. The number of ether oxygens (including phenoxy) is 7. The molecule has 0 atom stereocenters. The number of para-hydroxylation sites is 2. The summed E-state index contributed by atoms with van der Waals surface area (Å²) in [6.45, 7) is 20.0. The van der Waals surface area contributed by atoms with Crippen LogP contribution in [0.4, 0.5) is 0 Å². The number of rotatable bonds is 20. The van der Waals surface area contributed by atoms with Gasteiger partial charge in [-0.2, -0.15) is 0 Å². The first-order valence-electron chi connectivity index (χ1n) is 21.0. The molecule has 0 spiro atoms. The zero-order valence-corrected chi connectivity index (χ0v) is 38.3. The van der Waals surface area contributed by atoms with Crippen molar-refractivity contribution in [2.75, 3.05) is 39.6 Å². The lowest BCUT2D eigenvalue weighted by molar-refractivity contribution is -0.146. The van der Waals surface area contributed by atoms with Crippen molar-refractivity contribution >= 4 is 35.9 Å². The second-order valence-electron chi connectivity index (χ2n) is 13.9. The van der Waals surface area contributed by atoms with Crippen molar-refractivity contribution < 1.29 is 57.1 Å². The van der Waals surface area contributed by atoms with Gasteiger partial charge in [0.25, 0.3) is 0 Å². The molecule has 0 unspecified atom stereocenters. The van der Waals surface area contributed by atoms with E-state index in [4.69, 9.17) is 33.2 Å². The van der Waals surface area contributed by atoms with Gasteiger partial charge in [0.15, 0.2) is 0 Å². The molecular weight excluding hydrogens is 853 g/mol. The van der Waals surface area contributed by atoms with E-state index in [9.17, 15) is 24.0 Å². The summed E-state index contributed by atoms with van der Waals surface area (Å²) < 4.78 is 34.9. The highest BCUT2D eigenvalue weighted by atomic mass is 16.6. The Morgan fingerprint density at radius 2 is 0.806 bits per heavy atom. The molecule has 67 heavy (non-hydrogen) atoms. The van der Waals surface area contributed by atoms with E-state index in [0.29, 0.717) is 36.5 Å². The smallest absolute Gasteiger partial charge is 0.333 e. The molecule has 350 valence electrons. The molecule has 0 aliphatic carbocycles. The molecule has 0 amide bonds. The molecule has 0 radical (unpaired) electrons.